The SMILES string of the molecule is CCC(=N)c1cc2nccn2nc1-c1ccccc1. The van der Waals surface area contributed by atoms with Crippen LogP contribution in [0.15, 0.2) is 48.8 Å². The number of fused-ring (bicyclic) bond motifs is 1. The van der Waals surface area contributed by atoms with E-state index in [0.717, 1.165) is 22.5 Å². The van der Waals surface area contributed by atoms with Gasteiger partial charge in [0.25, 0.3) is 0 Å². The van der Waals surface area contributed by atoms with Gasteiger partial charge in [-0.1, -0.05) is 37.3 Å². The standard InChI is InChI=1S/C15H14N4/c1-2-13(16)12-10-14-17-8-9-19(14)18-15(12)11-6-4-3-5-7-11/h3-10,16H,2H2,1H3. The molecule has 0 unspecified atom stereocenters. The van der Waals surface area contributed by atoms with Gasteiger partial charge in [-0.3, -0.25) is 0 Å². The normalized spacial score (nSPS) is 10.8. The van der Waals surface area contributed by atoms with E-state index in [1.807, 2.05) is 49.5 Å². The Hall–Kier alpha value is -2.49. The maximum absolute atomic E-state index is 8.12. The highest BCUT2D eigenvalue weighted by atomic mass is 15.2. The lowest BCUT2D eigenvalue weighted by molar-refractivity contribution is 0.938. The molecule has 4 heteroatoms. The molecule has 1 N–H and O–H groups in total. The molecule has 0 aliphatic heterocycles. The molecule has 0 aliphatic rings. The summed E-state index contributed by atoms with van der Waals surface area (Å²) in [6.07, 6.45) is 4.22. The molecule has 3 aromatic rings. The fourth-order valence-corrected chi connectivity index (χ4v) is 2.09. The minimum atomic E-state index is 0.580. The van der Waals surface area contributed by atoms with Crippen LogP contribution in [0.25, 0.3) is 16.9 Å². The second-order valence-corrected chi connectivity index (χ2v) is 4.33. The zero-order valence-electron chi connectivity index (χ0n) is 10.7. The van der Waals surface area contributed by atoms with E-state index < -0.39 is 0 Å². The van der Waals surface area contributed by atoms with Gasteiger partial charge in [-0.25, -0.2) is 9.50 Å². The Morgan fingerprint density at radius 2 is 2.05 bits per heavy atom. The molecule has 2 aromatic heterocycles. The third-order valence-electron chi connectivity index (χ3n) is 3.11. The molecule has 0 amide bonds. The van der Waals surface area contributed by atoms with E-state index in [2.05, 4.69) is 10.1 Å². The lowest BCUT2D eigenvalue weighted by Gasteiger charge is -2.09. The van der Waals surface area contributed by atoms with E-state index in [9.17, 15) is 0 Å². The van der Waals surface area contributed by atoms with Crippen molar-refractivity contribution in [3.05, 3.63) is 54.4 Å². The molecule has 0 aliphatic carbocycles. The zero-order chi connectivity index (χ0) is 13.2. The van der Waals surface area contributed by atoms with Gasteiger partial charge in [-0.2, -0.15) is 5.10 Å². The van der Waals surface area contributed by atoms with E-state index in [1.165, 1.54) is 0 Å². The Balaban J connectivity index is 2.28. The van der Waals surface area contributed by atoms with Gasteiger partial charge in [0.15, 0.2) is 5.65 Å². The molecule has 2 heterocycles. The molecule has 0 fully saturated rings. The molecule has 3 rings (SSSR count). The van der Waals surface area contributed by atoms with Gasteiger partial charge in [0, 0.05) is 29.2 Å². The average molecular weight is 250 g/mol. The highest BCUT2D eigenvalue weighted by molar-refractivity contribution is 6.03. The van der Waals surface area contributed by atoms with E-state index in [1.54, 1.807) is 10.7 Å². The van der Waals surface area contributed by atoms with Crippen molar-refractivity contribution in [1.29, 1.82) is 5.41 Å². The molecule has 1 aromatic carbocycles. The third kappa shape index (κ3) is 2.01. The van der Waals surface area contributed by atoms with Crippen molar-refractivity contribution in [2.24, 2.45) is 0 Å². The van der Waals surface area contributed by atoms with Crippen molar-refractivity contribution in [3.8, 4) is 11.3 Å². The molecule has 0 atom stereocenters. The van der Waals surface area contributed by atoms with Crippen molar-refractivity contribution in [2.75, 3.05) is 0 Å². The summed E-state index contributed by atoms with van der Waals surface area (Å²) in [4.78, 5) is 4.23. The van der Waals surface area contributed by atoms with E-state index in [4.69, 9.17) is 5.41 Å². The van der Waals surface area contributed by atoms with Gasteiger partial charge in [0.1, 0.15) is 5.69 Å². The Morgan fingerprint density at radius 3 is 2.79 bits per heavy atom. The number of rotatable bonds is 3. The quantitative estimate of drug-likeness (QED) is 0.726. The number of aromatic nitrogens is 3. The lowest BCUT2D eigenvalue weighted by atomic mass is 10.0. The summed E-state index contributed by atoms with van der Waals surface area (Å²) in [6.45, 7) is 1.98. The van der Waals surface area contributed by atoms with Crippen LogP contribution in [-0.4, -0.2) is 20.3 Å². The number of hydrogen-bond donors (Lipinski definition) is 1. The van der Waals surface area contributed by atoms with Crippen LogP contribution >= 0.6 is 0 Å². The van der Waals surface area contributed by atoms with E-state index >= 15 is 0 Å². The largest absolute Gasteiger partial charge is 0.305 e. The first-order valence-corrected chi connectivity index (χ1v) is 6.27. The first-order chi connectivity index (χ1) is 9.29. The molecule has 19 heavy (non-hydrogen) atoms. The smallest absolute Gasteiger partial charge is 0.154 e. The number of hydrogen-bond acceptors (Lipinski definition) is 3. The number of imidazole rings is 1. The van der Waals surface area contributed by atoms with Crippen LogP contribution in [0.1, 0.15) is 18.9 Å². The van der Waals surface area contributed by atoms with Gasteiger partial charge < -0.3 is 5.41 Å². The molecule has 0 saturated heterocycles. The summed E-state index contributed by atoms with van der Waals surface area (Å²) in [5, 5.41) is 12.7. The monoisotopic (exact) mass is 250 g/mol. The first-order valence-electron chi connectivity index (χ1n) is 6.27. The molecular weight excluding hydrogens is 236 g/mol. The Kier molecular flexibility index (Phi) is 2.83. The van der Waals surface area contributed by atoms with Gasteiger partial charge in [0.05, 0.1) is 0 Å². The average Bonchev–Trinajstić information content (AvgIpc) is 2.93. The molecule has 0 radical (unpaired) electrons. The molecule has 0 saturated carbocycles. The predicted molar refractivity (Wildman–Crippen MR) is 75.5 cm³/mol. The van der Waals surface area contributed by atoms with Crippen LogP contribution in [-0.2, 0) is 0 Å². The second kappa shape index (κ2) is 4.65. The summed E-state index contributed by atoms with van der Waals surface area (Å²) in [5.74, 6) is 0. The Morgan fingerprint density at radius 1 is 1.26 bits per heavy atom. The maximum atomic E-state index is 8.12. The minimum Gasteiger partial charge on any atom is -0.305 e. The second-order valence-electron chi connectivity index (χ2n) is 4.33. The van der Waals surface area contributed by atoms with Crippen molar-refractivity contribution in [2.45, 2.75) is 13.3 Å². The van der Waals surface area contributed by atoms with Gasteiger partial charge in [-0.15, -0.1) is 0 Å². The fraction of sp³-hybridized carbons (Fsp3) is 0.133. The Bertz CT molecular complexity index is 728. The lowest BCUT2D eigenvalue weighted by Crippen LogP contribution is -2.05. The van der Waals surface area contributed by atoms with Gasteiger partial charge in [-0.05, 0) is 12.5 Å². The number of benzene rings is 1. The van der Waals surface area contributed by atoms with Crippen LogP contribution in [0.4, 0.5) is 0 Å². The van der Waals surface area contributed by atoms with Gasteiger partial charge >= 0.3 is 0 Å². The minimum absolute atomic E-state index is 0.580. The molecule has 0 spiro atoms. The van der Waals surface area contributed by atoms with E-state index in [-0.39, 0.29) is 0 Å². The molecule has 4 nitrogen and oxygen atoms in total. The predicted octanol–water partition coefficient (Wildman–Crippen LogP) is 3.17. The van der Waals surface area contributed by atoms with Crippen molar-refractivity contribution in [3.63, 3.8) is 0 Å². The number of nitrogens with zero attached hydrogens (tertiary/aromatic N) is 3. The number of nitrogens with one attached hydrogen (secondary N) is 1. The summed E-state index contributed by atoms with van der Waals surface area (Å²) < 4.78 is 1.74. The summed E-state index contributed by atoms with van der Waals surface area (Å²) in [5.41, 5.74) is 4.06. The highest BCUT2D eigenvalue weighted by Crippen LogP contribution is 2.23. The molecular formula is C15H14N4. The van der Waals surface area contributed by atoms with E-state index in [0.29, 0.717) is 12.1 Å². The van der Waals surface area contributed by atoms with Crippen molar-refractivity contribution < 1.29 is 0 Å². The summed E-state index contributed by atoms with van der Waals surface area (Å²) in [7, 11) is 0. The summed E-state index contributed by atoms with van der Waals surface area (Å²) >= 11 is 0. The fourth-order valence-electron chi connectivity index (χ4n) is 2.09. The van der Waals surface area contributed by atoms with Crippen LogP contribution in [0.2, 0.25) is 0 Å². The topological polar surface area (TPSA) is 54.0 Å². The van der Waals surface area contributed by atoms with Crippen LogP contribution in [0.5, 0.6) is 0 Å². The van der Waals surface area contributed by atoms with Crippen LogP contribution < -0.4 is 0 Å². The Labute approximate surface area is 111 Å². The molecule has 0 bridgehead atoms. The maximum Gasteiger partial charge on any atom is 0.154 e. The van der Waals surface area contributed by atoms with Crippen LogP contribution in [0, 0.1) is 5.41 Å². The summed E-state index contributed by atoms with van der Waals surface area (Å²) in [6, 6.07) is 11.9. The highest BCUT2D eigenvalue weighted by Gasteiger charge is 2.12. The van der Waals surface area contributed by atoms with Crippen molar-refractivity contribution in [1.82, 2.24) is 14.6 Å². The van der Waals surface area contributed by atoms with Gasteiger partial charge in [0.2, 0.25) is 0 Å². The molecule has 94 valence electrons. The van der Waals surface area contributed by atoms with Crippen LogP contribution in [0.3, 0.4) is 0 Å². The van der Waals surface area contributed by atoms with Crippen molar-refractivity contribution >= 4 is 11.4 Å². The zero-order valence-corrected chi connectivity index (χ0v) is 10.7. The first kappa shape index (κ1) is 11.6. The third-order valence-corrected chi connectivity index (χ3v) is 3.11.